The van der Waals surface area contributed by atoms with Crippen LogP contribution in [0.5, 0.6) is 0 Å². The summed E-state index contributed by atoms with van der Waals surface area (Å²) in [6.07, 6.45) is 1.89. The van der Waals surface area contributed by atoms with E-state index in [1.54, 1.807) is 23.7 Å². The molecule has 0 saturated heterocycles. The predicted molar refractivity (Wildman–Crippen MR) is 127 cm³/mol. The van der Waals surface area contributed by atoms with Crippen LogP contribution >= 0.6 is 0 Å². The van der Waals surface area contributed by atoms with Gasteiger partial charge in [-0.25, -0.2) is 17.8 Å². The summed E-state index contributed by atoms with van der Waals surface area (Å²) in [5.41, 5.74) is 3.73. The molecule has 1 heterocycles. The number of rotatable bonds is 8. The first kappa shape index (κ1) is 22.4. The monoisotopic (exact) mass is 460 g/mol. The van der Waals surface area contributed by atoms with Crippen LogP contribution in [-0.2, 0) is 16.6 Å². The second-order valence-electron chi connectivity index (χ2n) is 7.36. The van der Waals surface area contributed by atoms with Crippen LogP contribution in [0.25, 0.3) is 16.9 Å². The molecule has 4 aromatic rings. The number of carbonyl (C=O) groups is 1. The Balaban J connectivity index is 1.59. The lowest BCUT2D eigenvalue weighted by Gasteiger charge is -2.08. The summed E-state index contributed by atoms with van der Waals surface area (Å²) in [6.45, 7) is 2.21. The third-order valence-electron chi connectivity index (χ3n) is 5.04. The fraction of sp³-hybridized carbons (Fsp3) is 0.120. The first-order valence-corrected chi connectivity index (χ1v) is 12.0. The van der Waals surface area contributed by atoms with Gasteiger partial charge in [0.25, 0.3) is 5.91 Å². The van der Waals surface area contributed by atoms with E-state index in [2.05, 4.69) is 10.0 Å². The highest BCUT2D eigenvalue weighted by Crippen LogP contribution is 2.23. The summed E-state index contributed by atoms with van der Waals surface area (Å²) < 4.78 is 28.8. The normalized spacial score (nSPS) is 11.3. The van der Waals surface area contributed by atoms with E-state index >= 15 is 0 Å². The Hall–Kier alpha value is -3.75. The summed E-state index contributed by atoms with van der Waals surface area (Å²) in [7, 11) is -3.65. The van der Waals surface area contributed by atoms with E-state index in [-0.39, 0.29) is 29.5 Å². The average Bonchev–Trinajstić information content (AvgIpc) is 3.28. The molecule has 0 aliphatic heterocycles. The molecule has 1 amide bonds. The number of hydrogen-bond acceptors (Lipinski definition) is 4. The average molecular weight is 461 g/mol. The lowest BCUT2D eigenvalue weighted by Crippen LogP contribution is -2.25. The maximum Gasteiger partial charge on any atom is 0.251 e. The SMILES string of the molecule is CCNS(=O)(=O)c1cccc(C(=O)NCc2cn(-c3ccccc3)nc2-c2ccccc2)c1. The molecule has 33 heavy (non-hydrogen) atoms. The van der Waals surface area contributed by atoms with E-state index in [1.165, 1.54) is 12.1 Å². The summed E-state index contributed by atoms with van der Waals surface area (Å²) >= 11 is 0. The Morgan fingerprint density at radius 3 is 2.33 bits per heavy atom. The van der Waals surface area contributed by atoms with E-state index in [4.69, 9.17) is 5.10 Å². The summed E-state index contributed by atoms with van der Waals surface area (Å²) in [5.74, 6) is -0.366. The highest BCUT2D eigenvalue weighted by Gasteiger charge is 2.17. The molecule has 0 unspecified atom stereocenters. The fourth-order valence-electron chi connectivity index (χ4n) is 3.45. The van der Waals surface area contributed by atoms with Crippen molar-refractivity contribution in [1.82, 2.24) is 19.8 Å². The number of nitrogens with zero attached hydrogens (tertiary/aromatic N) is 2. The van der Waals surface area contributed by atoms with E-state index in [9.17, 15) is 13.2 Å². The molecular weight excluding hydrogens is 436 g/mol. The Labute approximate surface area is 193 Å². The van der Waals surface area contributed by atoms with E-state index in [0.717, 1.165) is 22.5 Å². The molecule has 0 spiro atoms. The standard InChI is InChI=1S/C25H24N4O3S/c1-2-27-33(31,32)23-15-9-12-20(16-23)25(30)26-17-21-18-29(22-13-7-4-8-14-22)28-24(21)19-10-5-3-6-11-19/h3-16,18,27H,2,17H2,1H3,(H,26,30). The van der Waals surface area contributed by atoms with Gasteiger partial charge in [-0.1, -0.05) is 61.5 Å². The van der Waals surface area contributed by atoms with Crippen LogP contribution in [0.15, 0.2) is 96.0 Å². The van der Waals surface area contributed by atoms with Crippen molar-refractivity contribution in [2.45, 2.75) is 18.4 Å². The highest BCUT2D eigenvalue weighted by molar-refractivity contribution is 7.89. The molecule has 3 aromatic carbocycles. The van der Waals surface area contributed by atoms with Gasteiger partial charge in [-0.05, 0) is 30.3 Å². The molecule has 0 fully saturated rings. The van der Waals surface area contributed by atoms with Crippen LogP contribution in [0, 0.1) is 0 Å². The van der Waals surface area contributed by atoms with Crippen molar-refractivity contribution in [2.24, 2.45) is 0 Å². The minimum atomic E-state index is -3.65. The van der Waals surface area contributed by atoms with Crippen molar-refractivity contribution in [3.05, 3.63) is 102 Å². The molecule has 1 aromatic heterocycles. The Morgan fingerprint density at radius 2 is 1.64 bits per heavy atom. The number of para-hydroxylation sites is 1. The minimum absolute atomic E-state index is 0.0545. The first-order valence-electron chi connectivity index (χ1n) is 10.6. The Bertz CT molecular complexity index is 1350. The number of amides is 1. The minimum Gasteiger partial charge on any atom is -0.348 e. The largest absolute Gasteiger partial charge is 0.348 e. The van der Waals surface area contributed by atoms with Crippen LogP contribution in [0.3, 0.4) is 0 Å². The van der Waals surface area contributed by atoms with Gasteiger partial charge in [0, 0.05) is 36.0 Å². The molecule has 0 radical (unpaired) electrons. The first-order chi connectivity index (χ1) is 16.0. The zero-order chi connectivity index (χ0) is 23.3. The Kier molecular flexibility index (Phi) is 6.67. The molecule has 0 bridgehead atoms. The topological polar surface area (TPSA) is 93.1 Å². The van der Waals surface area contributed by atoms with Crippen LogP contribution in [0.2, 0.25) is 0 Å². The highest BCUT2D eigenvalue weighted by atomic mass is 32.2. The fourth-order valence-corrected chi connectivity index (χ4v) is 4.53. The molecule has 168 valence electrons. The van der Waals surface area contributed by atoms with Crippen molar-refractivity contribution < 1.29 is 13.2 Å². The quantitative estimate of drug-likeness (QED) is 0.419. The molecule has 7 nitrogen and oxygen atoms in total. The number of nitrogens with one attached hydrogen (secondary N) is 2. The van der Waals surface area contributed by atoms with E-state index in [0.29, 0.717) is 0 Å². The lowest BCUT2D eigenvalue weighted by atomic mass is 10.1. The number of benzene rings is 3. The zero-order valence-corrected chi connectivity index (χ0v) is 18.9. The smallest absolute Gasteiger partial charge is 0.251 e. The molecular formula is C25H24N4O3S. The van der Waals surface area contributed by atoms with Crippen molar-refractivity contribution >= 4 is 15.9 Å². The number of aromatic nitrogens is 2. The van der Waals surface area contributed by atoms with Crippen LogP contribution < -0.4 is 10.0 Å². The van der Waals surface area contributed by atoms with Gasteiger partial charge >= 0.3 is 0 Å². The van der Waals surface area contributed by atoms with Crippen molar-refractivity contribution in [1.29, 1.82) is 0 Å². The molecule has 8 heteroatoms. The van der Waals surface area contributed by atoms with Gasteiger partial charge in [0.1, 0.15) is 0 Å². The molecule has 4 rings (SSSR count). The van der Waals surface area contributed by atoms with Gasteiger partial charge in [0.05, 0.1) is 16.3 Å². The van der Waals surface area contributed by atoms with Crippen LogP contribution in [0.1, 0.15) is 22.8 Å². The van der Waals surface area contributed by atoms with Gasteiger partial charge in [0.2, 0.25) is 10.0 Å². The third kappa shape index (κ3) is 5.19. The summed E-state index contributed by atoms with van der Waals surface area (Å²) in [6, 6.07) is 25.5. The summed E-state index contributed by atoms with van der Waals surface area (Å²) in [4.78, 5) is 12.9. The Morgan fingerprint density at radius 1 is 0.939 bits per heavy atom. The second-order valence-corrected chi connectivity index (χ2v) is 9.13. The third-order valence-corrected chi connectivity index (χ3v) is 6.58. The summed E-state index contributed by atoms with van der Waals surface area (Å²) in [5, 5.41) is 7.64. The number of sulfonamides is 1. The lowest BCUT2D eigenvalue weighted by molar-refractivity contribution is 0.0950. The maximum atomic E-state index is 12.8. The zero-order valence-electron chi connectivity index (χ0n) is 18.1. The molecule has 0 aliphatic carbocycles. The molecule has 0 atom stereocenters. The van der Waals surface area contributed by atoms with Gasteiger partial charge in [-0.3, -0.25) is 4.79 Å². The van der Waals surface area contributed by atoms with Gasteiger partial charge in [-0.2, -0.15) is 5.10 Å². The predicted octanol–water partition coefficient (Wildman–Crippen LogP) is 3.77. The number of hydrogen-bond donors (Lipinski definition) is 2. The van der Waals surface area contributed by atoms with Crippen molar-refractivity contribution in [2.75, 3.05) is 6.54 Å². The molecule has 0 aliphatic rings. The van der Waals surface area contributed by atoms with E-state index in [1.807, 2.05) is 66.9 Å². The van der Waals surface area contributed by atoms with Crippen LogP contribution in [-0.4, -0.2) is 30.7 Å². The van der Waals surface area contributed by atoms with Crippen LogP contribution in [0.4, 0.5) is 0 Å². The second kappa shape index (κ2) is 9.81. The molecule has 0 saturated carbocycles. The van der Waals surface area contributed by atoms with E-state index < -0.39 is 10.0 Å². The number of carbonyl (C=O) groups excluding carboxylic acids is 1. The molecule has 2 N–H and O–H groups in total. The van der Waals surface area contributed by atoms with Crippen molar-refractivity contribution in [3.8, 4) is 16.9 Å². The van der Waals surface area contributed by atoms with Gasteiger partial charge in [0.15, 0.2) is 0 Å². The maximum absolute atomic E-state index is 12.8. The van der Waals surface area contributed by atoms with Crippen molar-refractivity contribution in [3.63, 3.8) is 0 Å². The van der Waals surface area contributed by atoms with Gasteiger partial charge < -0.3 is 5.32 Å². The van der Waals surface area contributed by atoms with Gasteiger partial charge in [-0.15, -0.1) is 0 Å².